The fraction of sp³-hybridized carbons (Fsp3) is 0.556. The predicted molar refractivity (Wildman–Crippen MR) is 109 cm³/mol. The summed E-state index contributed by atoms with van der Waals surface area (Å²) in [5.41, 5.74) is 0.797. The molecule has 0 atom stereocenters. The van der Waals surface area contributed by atoms with Crippen molar-refractivity contribution in [1.29, 1.82) is 0 Å². The lowest BCUT2D eigenvalue weighted by Crippen LogP contribution is -2.41. The number of rotatable bonds is 5. The van der Waals surface area contributed by atoms with Gasteiger partial charge in [0.25, 0.3) is 0 Å². The first kappa shape index (κ1) is 20.4. The minimum atomic E-state index is 0. The molecule has 138 valence electrons. The Morgan fingerprint density at radius 3 is 2.60 bits per heavy atom. The topological polar surface area (TPSA) is 36.4 Å². The molecule has 2 aromatic rings. The second-order valence-corrected chi connectivity index (χ2v) is 8.13. The van der Waals surface area contributed by atoms with Crippen LogP contribution in [0.3, 0.4) is 0 Å². The number of aromatic nitrogens is 1. The van der Waals surface area contributed by atoms with Gasteiger partial charge in [-0.15, -0.1) is 12.4 Å². The standard InChI is InChI=1S/C18H24ClN3OS.ClH/c1-21(2)11-12-22(17(23)13-7-4-3-5-8-13)18-20-16-14(19)9-6-10-15(16)24-18;/h6,9-10,13H,3-5,7-8,11-12H2,1-2H3;1H. The maximum atomic E-state index is 13.1. The van der Waals surface area contributed by atoms with E-state index in [1.165, 1.54) is 6.42 Å². The van der Waals surface area contributed by atoms with Gasteiger partial charge in [-0.05, 0) is 39.1 Å². The summed E-state index contributed by atoms with van der Waals surface area (Å²) in [5, 5.41) is 1.42. The molecule has 0 unspecified atom stereocenters. The van der Waals surface area contributed by atoms with Gasteiger partial charge in [-0.1, -0.05) is 48.3 Å². The quantitative estimate of drug-likeness (QED) is 0.718. The van der Waals surface area contributed by atoms with Gasteiger partial charge in [-0.3, -0.25) is 9.69 Å². The van der Waals surface area contributed by atoms with E-state index in [2.05, 4.69) is 9.88 Å². The number of fused-ring (bicyclic) bond motifs is 1. The van der Waals surface area contributed by atoms with Gasteiger partial charge in [0.1, 0.15) is 5.52 Å². The number of anilines is 1. The summed E-state index contributed by atoms with van der Waals surface area (Å²) in [4.78, 5) is 21.8. The van der Waals surface area contributed by atoms with E-state index < -0.39 is 0 Å². The van der Waals surface area contributed by atoms with Crippen LogP contribution < -0.4 is 4.90 Å². The number of hydrogen-bond acceptors (Lipinski definition) is 4. The highest BCUT2D eigenvalue weighted by Crippen LogP contribution is 2.34. The van der Waals surface area contributed by atoms with E-state index in [0.717, 1.165) is 47.6 Å². The first-order valence-electron chi connectivity index (χ1n) is 8.57. The van der Waals surface area contributed by atoms with E-state index in [9.17, 15) is 4.79 Å². The number of likely N-dealkylation sites (N-methyl/N-ethyl adjacent to an activating group) is 1. The largest absolute Gasteiger partial charge is 0.308 e. The molecule has 1 aliphatic rings. The van der Waals surface area contributed by atoms with Crippen molar-refractivity contribution in [3.8, 4) is 0 Å². The highest BCUT2D eigenvalue weighted by atomic mass is 35.5. The first-order chi connectivity index (χ1) is 11.6. The molecule has 0 saturated heterocycles. The first-order valence-corrected chi connectivity index (χ1v) is 9.77. The van der Waals surface area contributed by atoms with Crippen molar-refractivity contribution in [2.75, 3.05) is 32.1 Å². The number of carbonyl (C=O) groups is 1. The molecule has 3 rings (SSSR count). The summed E-state index contributed by atoms with van der Waals surface area (Å²) in [6.45, 7) is 1.49. The summed E-state index contributed by atoms with van der Waals surface area (Å²) in [5.74, 6) is 0.370. The normalized spacial score (nSPS) is 15.4. The van der Waals surface area contributed by atoms with Gasteiger partial charge >= 0.3 is 0 Å². The molecule has 1 aromatic carbocycles. The van der Waals surface area contributed by atoms with Crippen LogP contribution in [0.1, 0.15) is 32.1 Å². The Kier molecular flexibility index (Phi) is 7.50. The Labute approximate surface area is 164 Å². The Balaban J connectivity index is 0.00000225. The zero-order valence-electron chi connectivity index (χ0n) is 14.7. The number of hydrogen-bond donors (Lipinski definition) is 0. The molecule has 0 N–H and O–H groups in total. The monoisotopic (exact) mass is 401 g/mol. The Morgan fingerprint density at radius 2 is 1.96 bits per heavy atom. The van der Waals surface area contributed by atoms with Crippen LogP contribution in [0.4, 0.5) is 5.13 Å². The predicted octanol–water partition coefficient (Wildman–Crippen LogP) is 4.85. The van der Waals surface area contributed by atoms with Gasteiger partial charge in [0.05, 0.1) is 9.72 Å². The van der Waals surface area contributed by atoms with Gasteiger partial charge < -0.3 is 4.90 Å². The molecular formula is C18H25Cl2N3OS. The van der Waals surface area contributed by atoms with Crippen LogP contribution in [0.25, 0.3) is 10.2 Å². The van der Waals surface area contributed by atoms with E-state index in [0.29, 0.717) is 11.6 Å². The van der Waals surface area contributed by atoms with Crippen LogP contribution in [0.5, 0.6) is 0 Å². The van der Waals surface area contributed by atoms with Crippen LogP contribution in [-0.2, 0) is 4.79 Å². The minimum Gasteiger partial charge on any atom is -0.308 e. The molecule has 1 amide bonds. The van der Waals surface area contributed by atoms with E-state index >= 15 is 0 Å². The van der Waals surface area contributed by atoms with Crippen molar-refractivity contribution in [1.82, 2.24) is 9.88 Å². The van der Waals surface area contributed by atoms with E-state index in [-0.39, 0.29) is 24.2 Å². The molecule has 0 bridgehead atoms. The summed E-state index contributed by atoms with van der Waals surface area (Å²) in [6, 6.07) is 5.79. The number of carbonyl (C=O) groups excluding carboxylic acids is 1. The highest BCUT2D eigenvalue weighted by molar-refractivity contribution is 7.22. The molecular weight excluding hydrogens is 377 g/mol. The third-order valence-electron chi connectivity index (χ3n) is 4.58. The van der Waals surface area contributed by atoms with E-state index in [1.54, 1.807) is 11.3 Å². The molecule has 1 heterocycles. The number of nitrogens with zero attached hydrogens (tertiary/aromatic N) is 3. The summed E-state index contributed by atoms with van der Waals surface area (Å²) < 4.78 is 1.03. The molecule has 1 saturated carbocycles. The Hall–Kier alpha value is -0.880. The average molecular weight is 402 g/mol. The minimum absolute atomic E-state index is 0. The number of para-hydroxylation sites is 1. The van der Waals surface area contributed by atoms with Crippen LogP contribution >= 0.6 is 35.3 Å². The molecule has 1 aromatic heterocycles. The number of amides is 1. The smallest absolute Gasteiger partial charge is 0.231 e. The SMILES string of the molecule is CN(C)CCN(C(=O)C1CCCCC1)c1nc2c(Cl)cccc2s1.Cl. The van der Waals surface area contributed by atoms with Crippen molar-refractivity contribution in [3.05, 3.63) is 23.2 Å². The number of thiazole rings is 1. The van der Waals surface area contributed by atoms with Crippen LogP contribution in [0.2, 0.25) is 5.02 Å². The molecule has 25 heavy (non-hydrogen) atoms. The van der Waals surface area contributed by atoms with Gasteiger partial charge in [0, 0.05) is 19.0 Å². The van der Waals surface area contributed by atoms with Crippen LogP contribution in [0.15, 0.2) is 18.2 Å². The molecule has 0 aliphatic heterocycles. The van der Waals surface area contributed by atoms with Crippen molar-refractivity contribution in [3.63, 3.8) is 0 Å². The average Bonchev–Trinajstić information content (AvgIpc) is 3.01. The molecule has 7 heteroatoms. The number of benzene rings is 1. The van der Waals surface area contributed by atoms with Crippen molar-refractivity contribution >= 4 is 56.6 Å². The van der Waals surface area contributed by atoms with E-state index in [1.807, 2.05) is 37.2 Å². The molecule has 0 spiro atoms. The van der Waals surface area contributed by atoms with Crippen molar-refractivity contribution in [2.24, 2.45) is 5.92 Å². The van der Waals surface area contributed by atoms with Gasteiger partial charge in [-0.2, -0.15) is 0 Å². The summed E-state index contributed by atoms with van der Waals surface area (Å²) >= 11 is 7.82. The van der Waals surface area contributed by atoms with Gasteiger partial charge in [0.15, 0.2) is 5.13 Å². The van der Waals surface area contributed by atoms with Crippen molar-refractivity contribution < 1.29 is 4.79 Å². The van der Waals surface area contributed by atoms with Crippen LogP contribution in [-0.4, -0.2) is 43.0 Å². The van der Waals surface area contributed by atoms with Crippen molar-refractivity contribution in [2.45, 2.75) is 32.1 Å². The lowest BCUT2D eigenvalue weighted by molar-refractivity contribution is -0.123. The maximum absolute atomic E-state index is 13.1. The van der Waals surface area contributed by atoms with Crippen LogP contribution in [0, 0.1) is 5.92 Å². The second-order valence-electron chi connectivity index (χ2n) is 6.71. The third kappa shape index (κ3) is 4.85. The van der Waals surface area contributed by atoms with Gasteiger partial charge in [0.2, 0.25) is 5.91 Å². The second kappa shape index (κ2) is 9.17. The van der Waals surface area contributed by atoms with Gasteiger partial charge in [-0.25, -0.2) is 4.98 Å². The molecule has 1 fully saturated rings. The Morgan fingerprint density at radius 1 is 1.24 bits per heavy atom. The fourth-order valence-electron chi connectivity index (χ4n) is 3.19. The maximum Gasteiger partial charge on any atom is 0.231 e. The fourth-order valence-corrected chi connectivity index (χ4v) is 4.49. The highest BCUT2D eigenvalue weighted by Gasteiger charge is 2.28. The summed E-state index contributed by atoms with van der Waals surface area (Å²) in [7, 11) is 4.05. The lowest BCUT2D eigenvalue weighted by atomic mass is 9.88. The lowest BCUT2D eigenvalue weighted by Gasteiger charge is -2.28. The third-order valence-corrected chi connectivity index (χ3v) is 5.93. The zero-order valence-corrected chi connectivity index (χ0v) is 17.1. The van der Waals surface area contributed by atoms with E-state index in [4.69, 9.17) is 11.6 Å². The zero-order chi connectivity index (χ0) is 17.1. The molecule has 4 nitrogen and oxygen atoms in total. The molecule has 1 aliphatic carbocycles. The molecule has 0 radical (unpaired) electrons. The number of halogens is 2. The Bertz CT molecular complexity index is 713. The summed E-state index contributed by atoms with van der Waals surface area (Å²) in [6.07, 6.45) is 5.57.